The fraction of sp³-hybridized carbons (Fsp3) is 0.286. The van der Waals surface area contributed by atoms with Gasteiger partial charge in [-0.1, -0.05) is 6.07 Å². The summed E-state index contributed by atoms with van der Waals surface area (Å²) in [6.45, 7) is -1.87. The molecule has 35 heavy (non-hydrogen) atoms. The van der Waals surface area contributed by atoms with Gasteiger partial charge in [0.25, 0.3) is 5.91 Å². The van der Waals surface area contributed by atoms with Crippen LogP contribution >= 0.6 is 0 Å². The molecule has 8 nitrogen and oxygen atoms in total. The van der Waals surface area contributed by atoms with E-state index in [2.05, 4.69) is 9.84 Å². The normalized spacial score (nSPS) is 13.6. The molecule has 1 fully saturated rings. The number of anilines is 1. The standard InChI is InChI=1S/C21H16F6N4O4/c1-34-19-29-31(20(33)30(19)10-5-6-10)15-8-16(35-9-21(25,26)27)11(7-14(15)24)18(32)28-17-12(22)3-2-4-13(17)23/h2-4,7-8,10H,5-6,9H2,1H3,(H,28,32). The van der Waals surface area contributed by atoms with Gasteiger partial charge in [-0.3, -0.25) is 4.79 Å². The number of nitrogens with one attached hydrogen (secondary N) is 1. The number of carbonyl (C=O) groups excluding carboxylic acids is 1. The lowest BCUT2D eigenvalue weighted by Gasteiger charge is -2.15. The van der Waals surface area contributed by atoms with E-state index in [4.69, 9.17) is 4.74 Å². The van der Waals surface area contributed by atoms with E-state index >= 15 is 4.39 Å². The third-order valence-electron chi connectivity index (χ3n) is 4.99. The molecule has 1 saturated carbocycles. The van der Waals surface area contributed by atoms with Gasteiger partial charge in [0.2, 0.25) is 0 Å². The first-order chi connectivity index (χ1) is 16.5. The van der Waals surface area contributed by atoms with E-state index in [1.54, 1.807) is 0 Å². The number of para-hydroxylation sites is 1. The number of ether oxygens (including phenoxy) is 2. The number of aromatic nitrogens is 3. The van der Waals surface area contributed by atoms with Crippen molar-refractivity contribution in [2.45, 2.75) is 25.1 Å². The second kappa shape index (κ2) is 9.00. The van der Waals surface area contributed by atoms with Gasteiger partial charge in [-0.25, -0.2) is 22.5 Å². The molecule has 1 amide bonds. The highest BCUT2D eigenvalue weighted by Gasteiger charge is 2.33. The molecule has 1 aliphatic rings. The van der Waals surface area contributed by atoms with Crippen LogP contribution in [0.4, 0.5) is 32.0 Å². The first-order valence-corrected chi connectivity index (χ1v) is 10.0. The predicted octanol–water partition coefficient (Wildman–Crippen LogP) is 3.99. The smallest absolute Gasteiger partial charge is 0.422 e. The molecule has 0 saturated heterocycles. The minimum absolute atomic E-state index is 0.147. The van der Waals surface area contributed by atoms with E-state index in [1.165, 1.54) is 7.11 Å². The van der Waals surface area contributed by atoms with Gasteiger partial charge in [-0.15, -0.1) is 5.10 Å². The van der Waals surface area contributed by atoms with Gasteiger partial charge >= 0.3 is 17.9 Å². The number of hydrogen-bond donors (Lipinski definition) is 1. The molecule has 0 bridgehead atoms. The Labute approximate surface area is 192 Å². The Morgan fingerprint density at radius 3 is 2.37 bits per heavy atom. The summed E-state index contributed by atoms with van der Waals surface area (Å²) in [5, 5.41) is 5.71. The molecule has 14 heteroatoms. The van der Waals surface area contributed by atoms with Crippen LogP contribution in [0.5, 0.6) is 11.8 Å². The Bertz CT molecular complexity index is 1330. The molecule has 3 aromatic rings. The van der Waals surface area contributed by atoms with Crippen LogP contribution in [0, 0.1) is 17.5 Å². The van der Waals surface area contributed by atoms with Crippen LogP contribution < -0.4 is 20.5 Å². The van der Waals surface area contributed by atoms with E-state index < -0.39 is 64.5 Å². The Morgan fingerprint density at radius 2 is 1.80 bits per heavy atom. The second-order valence-corrected chi connectivity index (χ2v) is 7.54. The Hall–Kier alpha value is -3.97. The van der Waals surface area contributed by atoms with Gasteiger partial charge in [0, 0.05) is 12.1 Å². The van der Waals surface area contributed by atoms with Crippen molar-refractivity contribution in [1.29, 1.82) is 0 Å². The van der Waals surface area contributed by atoms with Gasteiger partial charge in [0.15, 0.2) is 6.61 Å². The van der Waals surface area contributed by atoms with Crippen LogP contribution in [0.25, 0.3) is 5.69 Å². The molecule has 1 heterocycles. The molecule has 1 aromatic heterocycles. The van der Waals surface area contributed by atoms with Gasteiger partial charge < -0.3 is 14.8 Å². The van der Waals surface area contributed by atoms with E-state index in [0.29, 0.717) is 29.7 Å². The topological polar surface area (TPSA) is 87.4 Å². The number of carbonyl (C=O) groups is 1. The third-order valence-corrected chi connectivity index (χ3v) is 4.99. The van der Waals surface area contributed by atoms with E-state index in [0.717, 1.165) is 22.8 Å². The van der Waals surface area contributed by atoms with Crippen LogP contribution in [0.15, 0.2) is 35.1 Å². The van der Waals surface area contributed by atoms with Crippen LogP contribution in [0.3, 0.4) is 0 Å². The lowest BCUT2D eigenvalue weighted by molar-refractivity contribution is -0.153. The zero-order valence-corrected chi connectivity index (χ0v) is 17.8. The summed E-state index contributed by atoms with van der Waals surface area (Å²) in [5.74, 6) is -5.74. The van der Waals surface area contributed by atoms with Gasteiger partial charge in [0.05, 0.1) is 12.7 Å². The zero-order valence-electron chi connectivity index (χ0n) is 17.8. The summed E-state index contributed by atoms with van der Waals surface area (Å²) in [5.41, 5.74) is -3.15. The molecular formula is C21H16F6N4O4. The molecule has 0 atom stereocenters. The first-order valence-electron chi connectivity index (χ1n) is 10.0. The molecule has 0 radical (unpaired) electrons. The van der Waals surface area contributed by atoms with Gasteiger partial charge in [0.1, 0.15) is 34.6 Å². The molecule has 2 aromatic carbocycles. The maximum absolute atomic E-state index is 15.0. The highest BCUT2D eigenvalue weighted by molar-refractivity contribution is 6.06. The Kier molecular flexibility index (Phi) is 6.21. The van der Waals surface area contributed by atoms with Crippen molar-refractivity contribution in [2.75, 3.05) is 19.0 Å². The summed E-state index contributed by atoms with van der Waals surface area (Å²) < 4.78 is 92.7. The highest BCUT2D eigenvalue weighted by Crippen LogP contribution is 2.36. The summed E-state index contributed by atoms with van der Waals surface area (Å²) in [4.78, 5) is 25.4. The molecule has 1 N–H and O–H groups in total. The van der Waals surface area contributed by atoms with Crippen LogP contribution in [-0.4, -0.2) is 40.1 Å². The van der Waals surface area contributed by atoms with Crippen molar-refractivity contribution in [3.63, 3.8) is 0 Å². The van der Waals surface area contributed by atoms with Crippen LogP contribution in [0.2, 0.25) is 0 Å². The number of halogens is 6. The van der Waals surface area contributed by atoms with E-state index in [9.17, 15) is 31.5 Å². The number of methoxy groups -OCH3 is 1. The summed E-state index contributed by atoms with van der Waals surface area (Å²) >= 11 is 0. The first kappa shape index (κ1) is 24.2. The van der Waals surface area contributed by atoms with Gasteiger partial charge in [-0.2, -0.15) is 17.9 Å². The maximum atomic E-state index is 15.0. The minimum atomic E-state index is -4.84. The molecule has 0 unspecified atom stereocenters. The number of hydrogen-bond acceptors (Lipinski definition) is 5. The molecule has 0 spiro atoms. The average molecular weight is 502 g/mol. The van der Waals surface area contributed by atoms with Crippen molar-refractivity contribution in [3.8, 4) is 17.4 Å². The third kappa shape index (κ3) is 4.95. The molecular weight excluding hydrogens is 486 g/mol. The largest absolute Gasteiger partial charge is 0.483 e. The SMILES string of the molecule is COc1nn(-c2cc(OCC(F)(F)F)c(C(=O)Nc3c(F)cccc3F)cc2F)c(=O)n1C1CC1. The fourth-order valence-electron chi connectivity index (χ4n) is 3.26. The quantitative estimate of drug-likeness (QED) is 0.494. The Balaban J connectivity index is 1.79. The minimum Gasteiger partial charge on any atom is -0.483 e. The molecule has 1 aliphatic carbocycles. The number of benzene rings is 2. The lowest BCUT2D eigenvalue weighted by atomic mass is 10.1. The Morgan fingerprint density at radius 1 is 1.14 bits per heavy atom. The number of rotatable bonds is 7. The van der Waals surface area contributed by atoms with E-state index in [1.807, 2.05) is 5.32 Å². The summed E-state index contributed by atoms with van der Waals surface area (Å²) in [6.07, 6.45) is -3.54. The molecule has 0 aliphatic heterocycles. The summed E-state index contributed by atoms with van der Waals surface area (Å²) in [6, 6.07) is 3.46. The van der Waals surface area contributed by atoms with E-state index in [-0.39, 0.29) is 12.1 Å². The summed E-state index contributed by atoms with van der Waals surface area (Å²) in [7, 11) is 1.23. The maximum Gasteiger partial charge on any atom is 0.422 e. The zero-order chi connectivity index (χ0) is 25.5. The average Bonchev–Trinajstić information content (AvgIpc) is 3.57. The van der Waals surface area contributed by atoms with Crippen molar-refractivity contribution >= 4 is 11.6 Å². The predicted molar refractivity (Wildman–Crippen MR) is 108 cm³/mol. The van der Waals surface area contributed by atoms with Crippen molar-refractivity contribution in [2.24, 2.45) is 0 Å². The van der Waals surface area contributed by atoms with Crippen molar-refractivity contribution in [3.05, 3.63) is 63.8 Å². The number of amides is 1. The van der Waals surface area contributed by atoms with Crippen LogP contribution in [0.1, 0.15) is 29.2 Å². The van der Waals surface area contributed by atoms with Crippen LogP contribution in [-0.2, 0) is 0 Å². The number of alkyl halides is 3. The second-order valence-electron chi connectivity index (χ2n) is 7.54. The molecule has 186 valence electrons. The van der Waals surface area contributed by atoms with Gasteiger partial charge in [-0.05, 0) is 31.0 Å². The monoisotopic (exact) mass is 502 g/mol. The lowest BCUT2D eigenvalue weighted by Crippen LogP contribution is -2.25. The number of nitrogens with zero attached hydrogens (tertiary/aromatic N) is 3. The van der Waals surface area contributed by atoms with Crippen molar-refractivity contribution in [1.82, 2.24) is 14.3 Å². The highest BCUT2D eigenvalue weighted by atomic mass is 19.4. The molecule has 4 rings (SSSR count). The fourth-order valence-corrected chi connectivity index (χ4v) is 3.26. The van der Waals surface area contributed by atoms with Crippen molar-refractivity contribution < 1.29 is 40.6 Å².